The summed E-state index contributed by atoms with van der Waals surface area (Å²) >= 11 is 1.46. The fourth-order valence-corrected chi connectivity index (χ4v) is 5.64. The average molecular weight is 310 g/mol. The summed E-state index contributed by atoms with van der Waals surface area (Å²) in [6.07, 6.45) is 2.22. The molecular formula is C14H18N2O2S2. The molecule has 6 heteroatoms. The van der Waals surface area contributed by atoms with Crippen LogP contribution < -0.4 is 10.5 Å². The van der Waals surface area contributed by atoms with Gasteiger partial charge in [0.15, 0.2) is 0 Å². The second-order valence-electron chi connectivity index (χ2n) is 5.30. The van der Waals surface area contributed by atoms with Gasteiger partial charge in [0.1, 0.15) is 4.90 Å². The quantitative estimate of drug-likeness (QED) is 0.891. The monoisotopic (exact) mass is 310 g/mol. The van der Waals surface area contributed by atoms with E-state index in [9.17, 15) is 8.42 Å². The van der Waals surface area contributed by atoms with Crippen molar-refractivity contribution in [3.63, 3.8) is 0 Å². The van der Waals surface area contributed by atoms with Crippen molar-refractivity contribution in [3.05, 3.63) is 29.1 Å². The van der Waals surface area contributed by atoms with Crippen LogP contribution in [0, 0.1) is 5.92 Å². The van der Waals surface area contributed by atoms with Crippen LogP contribution in [0.5, 0.6) is 0 Å². The number of rotatable bonds is 5. The highest BCUT2D eigenvalue weighted by Gasteiger charge is 2.33. The van der Waals surface area contributed by atoms with Gasteiger partial charge in [-0.25, -0.2) is 13.1 Å². The van der Waals surface area contributed by atoms with Gasteiger partial charge >= 0.3 is 0 Å². The van der Waals surface area contributed by atoms with Crippen molar-refractivity contribution in [3.8, 4) is 0 Å². The number of nitrogens with two attached hydrogens (primary N) is 1. The minimum absolute atomic E-state index is 0.00992. The summed E-state index contributed by atoms with van der Waals surface area (Å²) in [5, 5.41) is 0.772. The zero-order chi connectivity index (χ0) is 14.3. The van der Waals surface area contributed by atoms with Crippen molar-refractivity contribution in [1.29, 1.82) is 0 Å². The Morgan fingerprint density at radius 2 is 2.10 bits per heavy atom. The summed E-state index contributed by atoms with van der Waals surface area (Å²) in [7, 11) is -3.51. The molecule has 0 amide bonds. The molecule has 0 aliphatic heterocycles. The van der Waals surface area contributed by atoms with E-state index in [1.165, 1.54) is 11.3 Å². The van der Waals surface area contributed by atoms with E-state index in [1.54, 1.807) is 0 Å². The second-order valence-corrected chi connectivity index (χ2v) is 8.09. The minimum atomic E-state index is -3.51. The van der Waals surface area contributed by atoms with Gasteiger partial charge in [-0.15, -0.1) is 11.3 Å². The highest BCUT2D eigenvalue weighted by Crippen LogP contribution is 2.36. The molecule has 0 radical (unpaired) electrons. The maximum atomic E-state index is 12.7. The van der Waals surface area contributed by atoms with Gasteiger partial charge in [-0.3, -0.25) is 0 Å². The third-order valence-corrected chi connectivity index (χ3v) is 6.75. The number of fused-ring (bicyclic) bond motifs is 1. The Morgan fingerprint density at radius 1 is 1.40 bits per heavy atom. The molecule has 0 saturated heterocycles. The van der Waals surface area contributed by atoms with Crippen molar-refractivity contribution in [1.82, 2.24) is 4.72 Å². The Hall–Kier alpha value is -0.950. The molecular weight excluding hydrogens is 292 g/mol. The predicted molar refractivity (Wildman–Crippen MR) is 82.2 cm³/mol. The molecule has 1 aromatic heterocycles. The zero-order valence-electron chi connectivity index (χ0n) is 11.3. The van der Waals surface area contributed by atoms with Crippen LogP contribution >= 0.6 is 11.3 Å². The van der Waals surface area contributed by atoms with Crippen LogP contribution in [0.4, 0.5) is 0 Å². The molecule has 1 aliphatic carbocycles. The first-order chi connectivity index (χ1) is 9.53. The summed E-state index contributed by atoms with van der Waals surface area (Å²) in [6, 6.07) is 7.54. The van der Waals surface area contributed by atoms with E-state index in [0.29, 0.717) is 10.8 Å². The molecule has 1 heterocycles. The number of benzene rings is 1. The largest absolute Gasteiger partial charge is 0.326 e. The SMILES string of the molecule is CC(NS(=O)(=O)c1c(CN)sc2ccccc12)C1CC1. The molecule has 3 N–H and O–H groups in total. The number of hydrogen-bond donors (Lipinski definition) is 2. The first-order valence-electron chi connectivity index (χ1n) is 6.75. The van der Waals surface area contributed by atoms with Crippen molar-refractivity contribution in [2.75, 3.05) is 0 Å². The van der Waals surface area contributed by atoms with E-state index in [0.717, 1.165) is 27.8 Å². The molecule has 0 bridgehead atoms. The van der Waals surface area contributed by atoms with Crippen LogP contribution in [-0.2, 0) is 16.6 Å². The summed E-state index contributed by atoms with van der Waals surface area (Å²) in [4.78, 5) is 1.09. The lowest BCUT2D eigenvalue weighted by Crippen LogP contribution is -2.34. The highest BCUT2D eigenvalue weighted by molar-refractivity contribution is 7.90. The normalized spacial score (nSPS) is 17.5. The van der Waals surface area contributed by atoms with E-state index in [2.05, 4.69) is 4.72 Å². The van der Waals surface area contributed by atoms with Gasteiger partial charge in [0, 0.05) is 27.5 Å². The second kappa shape index (κ2) is 5.11. The molecule has 1 atom stereocenters. The van der Waals surface area contributed by atoms with E-state index >= 15 is 0 Å². The lowest BCUT2D eigenvalue weighted by Gasteiger charge is -2.13. The molecule has 3 rings (SSSR count). The summed E-state index contributed by atoms with van der Waals surface area (Å²) in [5.74, 6) is 0.482. The van der Waals surface area contributed by atoms with Crippen LogP contribution in [0.1, 0.15) is 24.6 Å². The first kappa shape index (κ1) is 14.0. The lowest BCUT2D eigenvalue weighted by atomic mass is 10.2. The van der Waals surface area contributed by atoms with Gasteiger partial charge in [0.25, 0.3) is 0 Å². The predicted octanol–water partition coefficient (Wildman–Crippen LogP) is 2.44. The Kier molecular flexibility index (Phi) is 3.58. The van der Waals surface area contributed by atoms with Gasteiger partial charge < -0.3 is 5.73 Å². The molecule has 0 spiro atoms. The number of sulfonamides is 1. The maximum Gasteiger partial charge on any atom is 0.242 e. The van der Waals surface area contributed by atoms with Crippen LogP contribution in [-0.4, -0.2) is 14.5 Å². The molecule has 1 aromatic carbocycles. The van der Waals surface area contributed by atoms with Crippen molar-refractivity contribution >= 4 is 31.4 Å². The average Bonchev–Trinajstić information content (AvgIpc) is 3.17. The Morgan fingerprint density at radius 3 is 2.75 bits per heavy atom. The molecule has 4 nitrogen and oxygen atoms in total. The van der Waals surface area contributed by atoms with Gasteiger partial charge in [-0.05, 0) is 31.7 Å². The number of nitrogens with one attached hydrogen (secondary N) is 1. The maximum absolute atomic E-state index is 12.7. The van der Waals surface area contributed by atoms with E-state index in [4.69, 9.17) is 5.73 Å². The first-order valence-corrected chi connectivity index (χ1v) is 9.05. The van der Waals surface area contributed by atoms with E-state index in [-0.39, 0.29) is 12.6 Å². The van der Waals surface area contributed by atoms with E-state index in [1.807, 2.05) is 31.2 Å². The van der Waals surface area contributed by atoms with Crippen LogP contribution in [0.25, 0.3) is 10.1 Å². The van der Waals surface area contributed by atoms with Gasteiger partial charge in [-0.2, -0.15) is 0 Å². The summed E-state index contributed by atoms with van der Waals surface area (Å²) in [5.41, 5.74) is 5.73. The molecule has 1 unspecified atom stereocenters. The van der Waals surface area contributed by atoms with Gasteiger partial charge in [0.2, 0.25) is 10.0 Å². The minimum Gasteiger partial charge on any atom is -0.326 e. The van der Waals surface area contributed by atoms with Crippen molar-refractivity contribution in [2.24, 2.45) is 11.7 Å². The third-order valence-electron chi connectivity index (χ3n) is 3.74. The standard InChI is InChI=1S/C14H18N2O2S2/c1-9(10-6-7-10)16-20(17,18)14-11-4-2-3-5-12(11)19-13(14)8-15/h2-5,9-10,16H,6-8,15H2,1H3. The fraction of sp³-hybridized carbons (Fsp3) is 0.429. The topological polar surface area (TPSA) is 72.2 Å². The highest BCUT2D eigenvalue weighted by atomic mass is 32.2. The molecule has 108 valence electrons. The smallest absolute Gasteiger partial charge is 0.242 e. The Labute approximate surface area is 123 Å². The van der Waals surface area contributed by atoms with Gasteiger partial charge in [-0.1, -0.05) is 18.2 Å². The fourth-order valence-electron chi connectivity index (χ4n) is 2.50. The molecule has 2 aromatic rings. The van der Waals surface area contributed by atoms with Gasteiger partial charge in [0.05, 0.1) is 0 Å². The van der Waals surface area contributed by atoms with Crippen molar-refractivity contribution in [2.45, 2.75) is 37.2 Å². The molecule has 1 fully saturated rings. The Balaban J connectivity index is 2.07. The molecule has 1 aliphatic rings. The summed E-state index contributed by atoms with van der Waals surface area (Å²) < 4.78 is 29.1. The summed E-state index contributed by atoms with van der Waals surface area (Å²) in [6.45, 7) is 2.18. The number of thiophene rings is 1. The van der Waals surface area contributed by atoms with E-state index < -0.39 is 10.0 Å². The Bertz CT molecular complexity index is 733. The molecule has 20 heavy (non-hydrogen) atoms. The van der Waals surface area contributed by atoms with Crippen molar-refractivity contribution < 1.29 is 8.42 Å². The number of hydrogen-bond acceptors (Lipinski definition) is 4. The van der Waals surface area contributed by atoms with Crippen LogP contribution in [0.3, 0.4) is 0 Å². The van der Waals surface area contributed by atoms with Crippen LogP contribution in [0.15, 0.2) is 29.2 Å². The lowest BCUT2D eigenvalue weighted by molar-refractivity contribution is 0.538. The molecule has 1 saturated carbocycles. The van der Waals surface area contributed by atoms with Crippen LogP contribution in [0.2, 0.25) is 0 Å². The zero-order valence-corrected chi connectivity index (χ0v) is 12.9. The third kappa shape index (κ3) is 2.48.